The Morgan fingerprint density at radius 1 is 0.400 bits per heavy atom. The van der Waals surface area contributed by atoms with Gasteiger partial charge in [-0.05, 0) is 0 Å². The van der Waals surface area contributed by atoms with Gasteiger partial charge in [-0.1, -0.05) is 25.0 Å². The molecule has 0 radical (unpaired) electrons. The van der Waals surface area contributed by atoms with Crippen molar-refractivity contribution in [1.29, 1.82) is 0 Å². The molecule has 25 heavy (non-hydrogen) atoms. The van der Waals surface area contributed by atoms with Crippen LogP contribution in [-0.4, -0.2) is 83.5 Å². The Kier molecular flexibility index (Phi) is 5.72. The zero-order chi connectivity index (χ0) is 19.3. The summed E-state index contributed by atoms with van der Waals surface area (Å²) < 4.78 is 0. The summed E-state index contributed by atoms with van der Waals surface area (Å²) in [4.78, 5) is 54.6. The van der Waals surface area contributed by atoms with Gasteiger partial charge >= 0.3 is 0 Å². The largest absolute Gasteiger partial charge is 0.235 e. The molecule has 0 amide bonds. The molecule has 0 aromatic rings. The summed E-state index contributed by atoms with van der Waals surface area (Å²) in [5.41, 5.74) is 0. The molecule has 1 aliphatic rings. The Labute approximate surface area is 135 Å². The first-order valence-corrected chi connectivity index (χ1v) is 5.99. The molecule has 0 spiro atoms. The summed E-state index contributed by atoms with van der Waals surface area (Å²) in [5, 5.41) is 48.6. The third-order valence-electron chi connectivity index (χ3n) is 2.79. The van der Waals surface area contributed by atoms with Gasteiger partial charge in [0.1, 0.15) is 0 Å². The van der Waals surface area contributed by atoms with E-state index in [-0.39, 0.29) is 25.0 Å². The van der Waals surface area contributed by atoms with Gasteiger partial charge < -0.3 is 0 Å². The highest BCUT2D eigenvalue weighted by molar-refractivity contribution is 4.50. The van der Waals surface area contributed by atoms with E-state index in [4.69, 9.17) is 0 Å². The van der Waals surface area contributed by atoms with Crippen molar-refractivity contribution in [2.75, 3.05) is 33.3 Å². The molecule has 1 heterocycles. The molecule has 0 bridgehead atoms. The second-order valence-electron chi connectivity index (χ2n) is 4.43. The van der Waals surface area contributed by atoms with Gasteiger partial charge in [-0.15, -0.1) is 0 Å². The lowest BCUT2D eigenvalue weighted by molar-refractivity contribution is -0.775. The third-order valence-corrected chi connectivity index (χ3v) is 2.79. The van der Waals surface area contributed by atoms with Crippen LogP contribution in [0.4, 0.5) is 0 Å². The standard InChI is InChI=1S/C5H10N10O10/c16-11(17)6-1-7(12(18)19)3-9(14(22)23)5-10(15(24)25)4-8(2-6)13(20)21/h1-5H2. The Morgan fingerprint density at radius 3 is 0.600 bits per heavy atom. The maximum atomic E-state index is 10.9. The topological polar surface area (TPSA) is 232 Å². The van der Waals surface area contributed by atoms with E-state index in [1.54, 1.807) is 0 Å². The molecule has 0 saturated carbocycles. The van der Waals surface area contributed by atoms with Crippen molar-refractivity contribution in [1.82, 2.24) is 25.0 Å². The van der Waals surface area contributed by atoms with Crippen molar-refractivity contribution in [3.05, 3.63) is 50.6 Å². The maximum Gasteiger partial charge on any atom is 0.212 e. The van der Waals surface area contributed by atoms with Crippen LogP contribution in [0, 0.1) is 50.6 Å². The summed E-state index contributed by atoms with van der Waals surface area (Å²) in [6, 6.07) is 0. The Balaban J connectivity index is 3.28. The summed E-state index contributed by atoms with van der Waals surface area (Å²) in [5.74, 6) is 0. The molecule has 0 aliphatic carbocycles. The highest BCUT2D eigenvalue weighted by atomic mass is 16.7. The smallest absolute Gasteiger partial charge is 0.212 e. The molecular weight excluding hydrogens is 360 g/mol. The zero-order valence-electron chi connectivity index (χ0n) is 12.1. The SMILES string of the molecule is O=[N+]([O-])N1CN([N+](=O)[O-])CN([N+](=O)[O-])CN([N+](=O)[O-])CN([N+](=O)[O-])C1. The first-order valence-electron chi connectivity index (χ1n) is 5.99. The van der Waals surface area contributed by atoms with E-state index in [1.807, 2.05) is 0 Å². The molecule has 1 fully saturated rings. The minimum absolute atomic E-state index is 0.00711. The molecule has 0 atom stereocenters. The third kappa shape index (κ3) is 5.00. The van der Waals surface area contributed by atoms with E-state index >= 15 is 0 Å². The van der Waals surface area contributed by atoms with Crippen LogP contribution in [-0.2, 0) is 0 Å². The van der Waals surface area contributed by atoms with Gasteiger partial charge in [0, 0.05) is 0 Å². The molecule has 20 heteroatoms. The van der Waals surface area contributed by atoms with E-state index in [9.17, 15) is 50.6 Å². The number of hydrogen-bond donors (Lipinski definition) is 0. The van der Waals surface area contributed by atoms with Crippen molar-refractivity contribution in [2.45, 2.75) is 0 Å². The van der Waals surface area contributed by atoms with E-state index in [0.29, 0.717) is 0 Å². The average Bonchev–Trinajstić information content (AvgIpc) is 2.49. The fraction of sp³-hybridized carbons (Fsp3) is 1.00. The zero-order valence-corrected chi connectivity index (χ0v) is 12.1. The quantitative estimate of drug-likeness (QED) is 0.352. The second kappa shape index (κ2) is 7.51. The van der Waals surface area contributed by atoms with E-state index in [0.717, 1.165) is 0 Å². The van der Waals surface area contributed by atoms with Gasteiger partial charge in [-0.25, -0.2) is 50.6 Å². The molecule has 0 N–H and O–H groups in total. The molecule has 0 aromatic carbocycles. The molecule has 0 unspecified atom stereocenters. The molecular formula is C5H10N10O10. The van der Waals surface area contributed by atoms with Gasteiger partial charge in [0.25, 0.3) is 0 Å². The average molecular weight is 370 g/mol. The minimum atomic E-state index is -1.21. The summed E-state index contributed by atoms with van der Waals surface area (Å²) in [6.45, 7) is -5.73. The number of hydrazine groups is 5. The number of nitrogens with zero attached hydrogens (tertiary/aromatic N) is 10. The van der Waals surface area contributed by atoms with Gasteiger partial charge in [-0.2, -0.15) is 0 Å². The van der Waals surface area contributed by atoms with Crippen molar-refractivity contribution in [3.8, 4) is 0 Å². The predicted molar refractivity (Wildman–Crippen MR) is 68.5 cm³/mol. The summed E-state index contributed by atoms with van der Waals surface area (Å²) in [6.07, 6.45) is 0. The second-order valence-corrected chi connectivity index (χ2v) is 4.43. The fourth-order valence-electron chi connectivity index (χ4n) is 1.68. The lowest BCUT2D eigenvalue weighted by atomic mass is 10.7. The molecule has 1 saturated heterocycles. The molecule has 0 aromatic heterocycles. The molecule has 20 nitrogen and oxygen atoms in total. The van der Waals surface area contributed by atoms with Crippen LogP contribution in [0.5, 0.6) is 0 Å². The number of nitro groups is 5. The van der Waals surface area contributed by atoms with E-state index in [2.05, 4.69) is 0 Å². The Morgan fingerprint density at radius 2 is 0.520 bits per heavy atom. The first-order chi connectivity index (χ1) is 11.5. The normalized spacial score (nSPS) is 16.4. The van der Waals surface area contributed by atoms with Crippen molar-refractivity contribution in [2.24, 2.45) is 0 Å². The summed E-state index contributed by atoms with van der Waals surface area (Å²) in [7, 11) is 0. The lowest BCUT2D eigenvalue weighted by Gasteiger charge is -2.27. The van der Waals surface area contributed by atoms with Crippen LogP contribution in [0.15, 0.2) is 0 Å². The fourth-order valence-corrected chi connectivity index (χ4v) is 1.68. The van der Waals surface area contributed by atoms with Crippen LogP contribution in [0.2, 0.25) is 0 Å². The van der Waals surface area contributed by atoms with Crippen molar-refractivity contribution >= 4 is 0 Å². The van der Waals surface area contributed by atoms with Crippen LogP contribution in [0.3, 0.4) is 0 Å². The van der Waals surface area contributed by atoms with E-state index in [1.165, 1.54) is 0 Å². The maximum absolute atomic E-state index is 10.9. The number of hydrogen-bond acceptors (Lipinski definition) is 10. The monoisotopic (exact) mass is 370 g/mol. The lowest BCUT2D eigenvalue weighted by Crippen LogP contribution is -2.59. The molecule has 1 rings (SSSR count). The Hall–Kier alpha value is -4.00. The Bertz CT molecular complexity index is 456. The molecule has 140 valence electrons. The predicted octanol–water partition coefficient (Wildman–Crippen LogP) is -2.74. The molecule has 1 aliphatic heterocycles. The van der Waals surface area contributed by atoms with Gasteiger partial charge in [-0.3, -0.25) is 0 Å². The highest BCUT2D eigenvalue weighted by Gasteiger charge is 2.39. The van der Waals surface area contributed by atoms with Crippen LogP contribution < -0.4 is 0 Å². The first kappa shape index (κ1) is 19.0. The van der Waals surface area contributed by atoms with Crippen LogP contribution in [0.25, 0.3) is 0 Å². The van der Waals surface area contributed by atoms with Gasteiger partial charge in [0.05, 0.1) is 0 Å². The van der Waals surface area contributed by atoms with Crippen molar-refractivity contribution < 1.29 is 25.2 Å². The number of rotatable bonds is 5. The van der Waals surface area contributed by atoms with Crippen molar-refractivity contribution in [3.63, 3.8) is 0 Å². The van der Waals surface area contributed by atoms with Crippen LogP contribution in [0.1, 0.15) is 0 Å². The minimum Gasteiger partial charge on any atom is -0.235 e. The van der Waals surface area contributed by atoms with Gasteiger partial charge in [0.2, 0.25) is 33.3 Å². The highest BCUT2D eigenvalue weighted by Crippen LogP contribution is 2.07. The van der Waals surface area contributed by atoms with Gasteiger partial charge in [0.15, 0.2) is 25.2 Å². The van der Waals surface area contributed by atoms with Crippen LogP contribution >= 0.6 is 0 Å². The van der Waals surface area contributed by atoms with E-state index < -0.39 is 58.5 Å². The summed E-state index contributed by atoms with van der Waals surface area (Å²) >= 11 is 0.